The lowest BCUT2D eigenvalue weighted by Gasteiger charge is -2.18. The Labute approximate surface area is 168 Å². The second-order valence-corrected chi connectivity index (χ2v) is 8.02. The average Bonchev–Trinajstić information content (AvgIpc) is 3.26. The summed E-state index contributed by atoms with van der Waals surface area (Å²) < 4.78 is 2.39. The molecule has 6 nitrogen and oxygen atoms in total. The van der Waals surface area contributed by atoms with Crippen LogP contribution in [0.4, 0.5) is 0 Å². The number of pyridine rings is 1. The maximum atomic E-state index is 6.32. The first-order chi connectivity index (χ1) is 13.6. The molecule has 1 atom stereocenters. The molecule has 0 radical (unpaired) electrons. The summed E-state index contributed by atoms with van der Waals surface area (Å²) in [6, 6.07) is 6.22. The predicted molar refractivity (Wildman–Crippen MR) is 111 cm³/mol. The molecule has 5 rings (SSSR count). The minimum atomic E-state index is 0.369. The van der Waals surface area contributed by atoms with Gasteiger partial charge >= 0.3 is 0 Å². The minimum Gasteiger partial charge on any atom is -0.323 e. The fourth-order valence-electron chi connectivity index (χ4n) is 4.11. The summed E-state index contributed by atoms with van der Waals surface area (Å²) >= 11 is 6.32. The van der Waals surface area contributed by atoms with Crippen molar-refractivity contribution in [2.24, 2.45) is 0 Å². The highest BCUT2D eigenvalue weighted by molar-refractivity contribution is 6.31. The molecule has 1 aromatic carbocycles. The van der Waals surface area contributed by atoms with Crippen molar-refractivity contribution >= 4 is 33.5 Å². The maximum absolute atomic E-state index is 6.32. The molecule has 28 heavy (non-hydrogen) atoms. The van der Waals surface area contributed by atoms with Crippen molar-refractivity contribution < 1.29 is 0 Å². The number of likely N-dealkylation sites (tertiary alicyclic amines) is 1. The van der Waals surface area contributed by atoms with Crippen LogP contribution in [0.1, 0.15) is 29.7 Å². The van der Waals surface area contributed by atoms with Crippen LogP contribution in [0.3, 0.4) is 0 Å². The number of aryl methyl sites for hydroxylation is 1. The molecule has 0 bridgehead atoms. The van der Waals surface area contributed by atoms with Crippen molar-refractivity contribution in [3.05, 3.63) is 59.0 Å². The average molecular weight is 393 g/mol. The Kier molecular flexibility index (Phi) is 4.25. The van der Waals surface area contributed by atoms with E-state index >= 15 is 0 Å². The normalized spacial score (nSPS) is 17.8. The van der Waals surface area contributed by atoms with Gasteiger partial charge in [0.2, 0.25) is 0 Å². The largest absolute Gasteiger partial charge is 0.323 e. The van der Waals surface area contributed by atoms with Gasteiger partial charge in [-0.2, -0.15) is 0 Å². The highest BCUT2D eigenvalue weighted by Gasteiger charge is 2.27. The van der Waals surface area contributed by atoms with E-state index in [1.54, 1.807) is 0 Å². The van der Waals surface area contributed by atoms with Gasteiger partial charge in [-0.25, -0.2) is 4.98 Å². The standard InChI is InChI=1S/C21H21ClN6/c1-13-9-24-15(10-23-13)8-20-26-19-11-25-18-4-3-14(22)7-17(18)21(19)28(20)16-5-6-27(2)12-16/h3-4,7,9-11,16H,5-6,8,12H2,1-2H3/t16-/m1/s1. The Hall–Kier alpha value is -2.57. The van der Waals surface area contributed by atoms with Gasteiger partial charge in [0.25, 0.3) is 0 Å². The zero-order valence-electron chi connectivity index (χ0n) is 15.9. The van der Waals surface area contributed by atoms with E-state index in [1.165, 1.54) is 0 Å². The number of halogens is 1. The number of fused-ring (bicyclic) bond motifs is 3. The Morgan fingerprint density at radius 3 is 2.75 bits per heavy atom. The molecule has 1 saturated heterocycles. The summed E-state index contributed by atoms with van der Waals surface area (Å²) in [5.41, 5.74) is 4.79. The van der Waals surface area contributed by atoms with Crippen molar-refractivity contribution in [1.82, 2.24) is 29.4 Å². The number of aromatic nitrogens is 5. The van der Waals surface area contributed by atoms with Crippen LogP contribution in [-0.4, -0.2) is 49.5 Å². The third-order valence-corrected chi connectivity index (χ3v) is 5.69. The van der Waals surface area contributed by atoms with Crippen LogP contribution in [0, 0.1) is 6.92 Å². The van der Waals surface area contributed by atoms with Crippen molar-refractivity contribution in [3.63, 3.8) is 0 Å². The van der Waals surface area contributed by atoms with Crippen molar-refractivity contribution in [1.29, 1.82) is 0 Å². The Morgan fingerprint density at radius 1 is 1.11 bits per heavy atom. The van der Waals surface area contributed by atoms with Crippen molar-refractivity contribution in [3.8, 4) is 0 Å². The Balaban J connectivity index is 1.73. The molecule has 1 fully saturated rings. The van der Waals surface area contributed by atoms with Gasteiger partial charge in [0, 0.05) is 41.8 Å². The molecule has 4 heterocycles. The Bertz CT molecular complexity index is 1170. The first-order valence-electron chi connectivity index (χ1n) is 9.49. The zero-order chi connectivity index (χ0) is 19.3. The number of nitrogens with zero attached hydrogens (tertiary/aromatic N) is 6. The van der Waals surface area contributed by atoms with Gasteiger partial charge in [-0.1, -0.05) is 11.6 Å². The first kappa shape index (κ1) is 17.5. The minimum absolute atomic E-state index is 0.369. The summed E-state index contributed by atoms with van der Waals surface area (Å²) in [5.74, 6) is 1.00. The predicted octanol–water partition coefficient (Wildman–Crippen LogP) is 3.80. The number of hydrogen-bond acceptors (Lipinski definition) is 5. The lowest BCUT2D eigenvalue weighted by molar-refractivity contribution is 0.392. The van der Waals surface area contributed by atoms with Crippen LogP contribution in [0.2, 0.25) is 5.02 Å². The van der Waals surface area contributed by atoms with Crippen LogP contribution in [0.15, 0.2) is 36.8 Å². The van der Waals surface area contributed by atoms with Crippen molar-refractivity contribution in [2.75, 3.05) is 20.1 Å². The number of likely N-dealkylation sites (N-methyl/N-ethyl adjacent to an activating group) is 1. The molecule has 142 valence electrons. The lowest BCUT2D eigenvalue weighted by Crippen LogP contribution is -2.18. The summed E-state index contributed by atoms with van der Waals surface area (Å²) in [7, 11) is 2.17. The van der Waals surface area contributed by atoms with Crippen LogP contribution >= 0.6 is 11.6 Å². The van der Waals surface area contributed by atoms with E-state index in [4.69, 9.17) is 16.6 Å². The zero-order valence-corrected chi connectivity index (χ0v) is 16.7. The van der Waals surface area contributed by atoms with Crippen LogP contribution < -0.4 is 0 Å². The third-order valence-electron chi connectivity index (χ3n) is 5.46. The maximum Gasteiger partial charge on any atom is 0.116 e. The molecular weight excluding hydrogens is 372 g/mol. The molecule has 1 aliphatic rings. The van der Waals surface area contributed by atoms with Gasteiger partial charge in [0.15, 0.2) is 0 Å². The van der Waals surface area contributed by atoms with Crippen LogP contribution in [-0.2, 0) is 6.42 Å². The fraction of sp³-hybridized carbons (Fsp3) is 0.333. The third kappa shape index (κ3) is 3.02. The second kappa shape index (κ2) is 6.79. The topological polar surface area (TPSA) is 59.7 Å². The lowest BCUT2D eigenvalue weighted by atomic mass is 10.1. The van der Waals surface area contributed by atoms with Gasteiger partial charge < -0.3 is 9.47 Å². The van der Waals surface area contributed by atoms with E-state index in [1.807, 2.05) is 43.7 Å². The van der Waals surface area contributed by atoms with E-state index in [-0.39, 0.29) is 0 Å². The van der Waals surface area contributed by atoms with Gasteiger partial charge in [-0.05, 0) is 45.1 Å². The van der Waals surface area contributed by atoms with E-state index < -0.39 is 0 Å². The molecule has 1 aliphatic heterocycles. The van der Waals surface area contributed by atoms with Crippen molar-refractivity contribution in [2.45, 2.75) is 25.8 Å². The smallest absolute Gasteiger partial charge is 0.116 e. The molecule has 0 amide bonds. The number of benzene rings is 1. The fourth-order valence-corrected chi connectivity index (χ4v) is 4.28. The SMILES string of the molecule is Cc1cnc(Cc2nc3cnc4ccc(Cl)cc4c3n2[C@@H]2CCN(C)C2)cn1. The second-order valence-electron chi connectivity index (χ2n) is 7.58. The quantitative estimate of drug-likeness (QED) is 0.530. The number of rotatable bonds is 3. The summed E-state index contributed by atoms with van der Waals surface area (Å²) in [6.07, 6.45) is 7.25. The summed E-state index contributed by atoms with van der Waals surface area (Å²) in [5, 5.41) is 1.76. The molecule has 0 spiro atoms. The highest BCUT2D eigenvalue weighted by Crippen LogP contribution is 2.33. The molecule has 0 saturated carbocycles. The Morgan fingerprint density at radius 2 is 2.00 bits per heavy atom. The van der Waals surface area contributed by atoms with Gasteiger partial charge in [-0.3, -0.25) is 15.0 Å². The molecule has 0 unspecified atom stereocenters. The summed E-state index contributed by atoms with van der Waals surface area (Å²) in [6.45, 7) is 4.03. The number of imidazole rings is 1. The molecular formula is C21H21ClN6. The van der Waals surface area contributed by atoms with Gasteiger partial charge in [0.05, 0.1) is 28.6 Å². The summed E-state index contributed by atoms with van der Waals surface area (Å²) in [4.78, 5) is 20.8. The monoisotopic (exact) mass is 392 g/mol. The highest BCUT2D eigenvalue weighted by atomic mass is 35.5. The van der Waals surface area contributed by atoms with Crippen LogP contribution in [0.5, 0.6) is 0 Å². The first-order valence-corrected chi connectivity index (χ1v) is 9.87. The molecule has 0 N–H and O–H groups in total. The molecule has 3 aromatic heterocycles. The molecule has 7 heteroatoms. The van der Waals surface area contributed by atoms with Crippen LogP contribution in [0.25, 0.3) is 21.9 Å². The van der Waals surface area contributed by atoms with Gasteiger partial charge in [0.1, 0.15) is 11.3 Å². The number of hydrogen-bond donors (Lipinski definition) is 0. The van der Waals surface area contributed by atoms with Gasteiger partial charge in [-0.15, -0.1) is 0 Å². The van der Waals surface area contributed by atoms with E-state index in [0.717, 1.165) is 58.7 Å². The van der Waals surface area contributed by atoms with E-state index in [0.29, 0.717) is 17.5 Å². The van der Waals surface area contributed by atoms with E-state index in [9.17, 15) is 0 Å². The molecule has 0 aliphatic carbocycles. The van der Waals surface area contributed by atoms with E-state index in [2.05, 4.69) is 31.5 Å². The molecule has 4 aromatic rings.